The van der Waals surface area contributed by atoms with E-state index < -0.39 is 11.7 Å². The molecule has 1 aromatic heterocycles. The van der Waals surface area contributed by atoms with Crippen molar-refractivity contribution in [2.45, 2.75) is 19.5 Å². The average Bonchev–Trinajstić information content (AvgIpc) is 3.05. The van der Waals surface area contributed by atoms with Crippen molar-refractivity contribution in [3.63, 3.8) is 0 Å². The molecule has 2 rings (SSSR count). The van der Waals surface area contributed by atoms with E-state index in [4.69, 9.17) is 4.74 Å². The van der Waals surface area contributed by atoms with Crippen LogP contribution < -0.4 is 10.6 Å². The number of alkyl halides is 3. The van der Waals surface area contributed by atoms with Crippen LogP contribution in [-0.4, -0.2) is 62.1 Å². The van der Waals surface area contributed by atoms with E-state index in [1.54, 1.807) is 7.05 Å². The molecule has 0 amide bonds. The second-order valence-corrected chi connectivity index (χ2v) is 6.70. The monoisotopic (exact) mass is 401 g/mol. The molecule has 1 saturated heterocycles. The molecule has 0 aromatic carbocycles. The Bertz CT molecular complexity index is 679. The van der Waals surface area contributed by atoms with Crippen LogP contribution in [0.1, 0.15) is 18.9 Å². The fourth-order valence-corrected chi connectivity index (χ4v) is 3.10. The molecule has 1 aliphatic heterocycles. The predicted molar refractivity (Wildman–Crippen MR) is 100.0 cm³/mol. The summed E-state index contributed by atoms with van der Waals surface area (Å²) in [7, 11) is 3.08. The topological polar surface area (TPSA) is 78.9 Å². The van der Waals surface area contributed by atoms with Gasteiger partial charge in [-0.05, 0) is 24.5 Å². The highest BCUT2D eigenvalue weighted by Gasteiger charge is 2.36. The number of methoxy groups -OCH3 is 1. The number of hydrogen-bond donors (Lipinski definition) is 2. The van der Waals surface area contributed by atoms with Crippen LogP contribution in [0.5, 0.6) is 0 Å². The first kappa shape index (κ1) is 21.8. The molecule has 2 heterocycles. The number of aliphatic imine (C=N–C) groups is 1. The van der Waals surface area contributed by atoms with E-state index in [0.29, 0.717) is 44.4 Å². The Morgan fingerprint density at radius 1 is 1.36 bits per heavy atom. The minimum Gasteiger partial charge on any atom is -0.469 e. The van der Waals surface area contributed by atoms with Gasteiger partial charge in [0, 0.05) is 39.4 Å². The summed E-state index contributed by atoms with van der Waals surface area (Å²) in [5.74, 6) is 0.908. The zero-order valence-corrected chi connectivity index (χ0v) is 16.2. The van der Waals surface area contributed by atoms with E-state index in [0.717, 1.165) is 12.3 Å². The highest BCUT2D eigenvalue weighted by molar-refractivity contribution is 5.82. The van der Waals surface area contributed by atoms with Gasteiger partial charge in [0.15, 0.2) is 5.96 Å². The van der Waals surface area contributed by atoms with Gasteiger partial charge in [-0.3, -0.25) is 9.79 Å². The number of carbonyl (C=O) groups excluding carboxylic acids is 1. The quantitative estimate of drug-likeness (QED) is 0.329. The lowest BCUT2D eigenvalue weighted by Crippen LogP contribution is -2.41. The van der Waals surface area contributed by atoms with Gasteiger partial charge in [0.2, 0.25) is 0 Å². The molecule has 2 unspecified atom stereocenters. The Morgan fingerprint density at radius 2 is 2.11 bits per heavy atom. The number of nitrogens with one attached hydrogen (secondary N) is 2. The van der Waals surface area contributed by atoms with Gasteiger partial charge in [-0.25, -0.2) is 4.98 Å². The number of esters is 1. The van der Waals surface area contributed by atoms with Gasteiger partial charge in [0.25, 0.3) is 0 Å². The van der Waals surface area contributed by atoms with Crippen LogP contribution in [0.15, 0.2) is 23.3 Å². The number of ether oxygens (including phenoxy) is 1. The van der Waals surface area contributed by atoms with Crippen molar-refractivity contribution in [2.75, 3.05) is 45.7 Å². The van der Waals surface area contributed by atoms with Crippen molar-refractivity contribution >= 4 is 17.7 Å². The lowest BCUT2D eigenvalue weighted by Gasteiger charge is -2.21. The number of pyridine rings is 1. The zero-order valence-electron chi connectivity index (χ0n) is 16.2. The van der Waals surface area contributed by atoms with Crippen LogP contribution in [-0.2, 0) is 15.7 Å². The molecule has 10 heteroatoms. The normalized spacial score (nSPS) is 20.2. The third-order valence-corrected chi connectivity index (χ3v) is 4.66. The van der Waals surface area contributed by atoms with Gasteiger partial charge >= 0.3 is 12.1 Å². The first-order chi connectivity index (χ1) is 13.3. The van der Waals surface area contributed by atoms with Crippen molar-refractivity contribution in [2.24, 2.45) is 16.8 Å². The smallest absolute Gasteiger partial charge is 0.417 e. The fraction of sp³-hybridized carbons (Fsp3) is 0.611. The minimum atomic E-state index is -4.38. The molecular weight excluding hydrogens is 375 g/mol. The number of carbonyl (C=O) groups is 1. The molecule has 1 fully saturated rings. The van der Waals surface area contributed by atoms with Crippen LogP contribution >= 0.6 is 0 Å². The van der Waals surface area contributed by atoms with Crippen LogP contribution in [0.4, 0.5) is 19.0 Å². The molecule has 0 spiro atoms. The number of guanidine groups is 1. The second-order valence-electron chi connectivity index (χ2n) is 6.70. The highest BCUT2D eigenvalue weighted by atomic mass is 19.4. The lowest BCUT2D eigenvalue weighted by atomic mass is 9.99. The number of halogens is 3. The van der Waals surface area contributed by atoms with Crippen molar-refractivity contribution in [1.82, 2.24) is 15.2 Å². The molecule has 0 radical (unpaired) electrons. The van der Waals surface area contributed by atoms with Crippen LogP contribution in [0.3, 0.4) is 0 Å². The Hall–Kier alpha value is -2.52. The summed E-state index contributed by atoms with van der Waals surface area (Å²) in [6.45, 7) is 4.45. The summed E-state index contributed by atoms with van der Waals surface area (Å²) >= 11 is 0. The predicted octanol–water partition coefficient (Wildman–Crippen LogP) is 2.22. The van der Waals surface area contributed by atoms with Crippen molar-refractivity contribution < 1.29 is 22.7 Å². The van der Waals surface area contributed by atoms with E-state index in [1.807, 2.05) is 11.8 Å². The number of rotatable bonds is 6. The standard InChI is InChI=1S/C18H26F3N5O2/c1-12-10-26(11-14(12)16(27)28-3)17(22-2)24-8-4-7-23-15-6-5-13(9-25-15)18(19,20)21/h5-6,9,12,14H,4,7-8,10-11H2,1-3H3,(H,22,24)(H,23,25). The maximum absolute atomic E-state index is 12.5. The molecular formula is C18H26F3N5O2. The summed E-state index contributed by atoms with van der Waals surface area (Å²) in [6, 6.07) is 2.31. The maximum Gasteiger partial charge on any atom is 0.417 e. The van der Waals surface area contributed by atoms with Gasteiger partial charge in [0.05, 0.1) is 18.6 Å². The van der Waals surface area contributed by atoms with Gasteiger partial charge < -0.3 is 20.3 Å². The molecule has 1 aliphatic rings. The molecule has 0 saturated carbocycles. The van der Waals surface area contributed by atoms with Gasteiger partial charge in [-0.2, -0.15) is 13.2 Å². The Morgan fingerprint density at radius 3 is 2.68 bits per heavy atom. The van der Waals surface area contributed by atoms with Gasteiger partial charge in [0.1, 0.15) is 5.82 Å². The molecule has 1 aromatic rings. The number of nitrogens with zero attached hydrogens (tertiary/aromatic N) is 3. The summed E-state index contributed by atoms with van der Waals surface area (Å²) in [6.07, 6.45) is -2.86. The van der Waals surface area contributed by atoms with E-state index in [-0.39, 0.29) is 17.8 Å². The number of anilines is 1. The lowest BCUT2D eigenvalue weighted by molar-refractivity contribution is -0.146. The van der Waals surface area contributed by atoms with Crippen molar-refractivity contribution in [3.8, 4) is 0 Å². The number of hydrogen-bond acceptors (Lipinski definition) is 5. The van der Waals surface area contributed by atoms with E-state index in [1.165, 1.54) is 13.2 Å². The van der Waals surface area contributed by atoms with E-state index in [9.17, 15) is 18.0 Å². The van der Waals surface area contributed by atoms with E-state index >= 15 is 0 Å². The Labute approximate surface area is 162 Å². The molecule has 2 N–H and O–H groups in total. The summed E-state index contributed by atoms with van der Waals surface area (Å²) < 4.78 is 42.4. The SMILES string of the molecule is CN=C(NCCCNc1ccc(C(F)(F)F)cn1)N1CC(C)C(C(=O)OC)C1. The van der Waals surface area contributed by atoms with Crippen LogP contribution in [0.2, 0.25) is 0 Å². The zero-order chi connectivity index (χ0) is 20.7. The van der Waals surface area contributed by atoms with Crippen LogP contribution in [0.25, 0.3) is 0 Å². The van der Waals surface area contributed by atoms with E-state index in [2.05, 4.69) is 20.6 Å². The van der Waals surface area contributed by atoms with Crippen molar-refractivity contribution in [3.05, 3.63) is 23.9 Å². The molecule has 28 heavy (non-hydrogen) atoms. The van der Waals surface area contributed by atoms with Crippen molar-refractivity contribution in [1.29, 1.82) is 0 Å². The first-order valence-electron chi connectivity index (χ1n) is 9.06. The van der Waals surface area contributed by atoms with Gasteiger partial charge in [-0.1, -0.05) is 6.92 Å². The second kappa shape index (κ2) is 9.61. The largest absolute Gasteiger partial charge is 0.469 e. The Kier molecular flexibility index (Phi) is 7.47. The third-order valence-electron chi connectivity index (χ3n) is 4.66. The maximum atomic E-state index is 12.5. The summed E-state index contributed by atoms with van der Waals surface area (Å²) in [5.41, 5.74) is -0.770. The Balaban J connectivity index is 1.73. The highest BCUT2D eigenvalue weighted by Crippen LogP contribution is 2.28. The third kappa shape index (κ3) is 5.74. The minimum absolute atomic E-state index is 0.170. The molecule has 0 aliphatic carbocycles. The molecule has 0 bridgehead atoms. The number of likely N-dealkylation sites (tertiary alicyclic amines) is 1. The number of aromatic nitrogens is 1. The summed E-state index contributed by atoms with van der Waals surface area (Å²) in [5, 5.41) is 6.23. The average molecular weight is 401 g/mol. The van der Waals surface area contributed by atoms with Crippen LogP contribution in [0, 0.1) is 11.8 Å². The fourth-order valence-electron chi connectivity index (χ4n) is 3.10. The first-order valence-corrected chi connectivity index (χ1v) is 9.06. The molecule has 2 atom stereocenters. The van der Waals surface area contributed by atoms with Gasteiger partial charge in [-0.15, -0.1) is 0 Å². The summed E-state index contributed by atoms with van der Waals surface area (Å²) in [4.78, 5) is 21.9. The molecule has 7 nitrogen and oxygen atoms in total. The molecule has 156 valence electrons.